The number of hydrogen-bond acceptors (Lipinski definition) is 1. The van der Waals surface area contributed by atoms with E-state index in [9.17, 15) is 5.48 Å². The number of fused-ring (bicyclic) bond motifs is 7. The summed E-state index contributed by atoms with van der Waals surface area (Å²) < 4.78 is 86.1. The predicted octanol–water partition coefficient (Wildman–Crippen LogP) is 13.7. The molecule has 10 aromatic rings. The molecular formula is C48H30O. The second-order valence-corrected chi connectivity index (χ2v) is 12.1. The van der Waals surface area contributed by atoms with Crippen LogP contribution in [0.1, 0.15) is 12.3 Å². The van der Waals surface area contributed by atoms with Gasteiger partial charge >= 0.3 is 0 Å². The SMILES string of the molecule is [2H]c1c([2H])c([2H])c(-c2c([2H])c([2H])c(-c3c4ccccc4c(-c4cccc5oc6c7ccccc7ccc6c45)c4ccc(-c5ccccc5)cc34)c([2H])c2[2H])c([2H])c1[2H]. The van der Waals surface area contributed by atoms with Gasteiger partial charge < -0.3 is 4.42 Å². The average molecular weight is 632 g/mol. The molecule has 0 aliphatic rings. The highest BCUT2D eigenvalue weighted by atomic mass is 16.3. The quantitative estimate of drug-likeness (QED) is 0.176. The van der Waals surface area contributed by atoms with Gasteiger partial charge in [0.2, 0.25) is 0 Å². The Labute approximate surface area is 297 Å². The van der Waals surface area contributed by atoms with E-state index < -0.39 is 42.3 Å². The molecule has 0 bridgehead atoms. The van der Waals surface area contributed by atoms with E-state index in [1.54, 1.807) is 0 Å². The Hall–Kier alpha value is -6.44. The molecule has 10 rings (SSSR count). The van der Waals surface area contributed by atoms with Gasteiger partial charge in [-0.2, -0.15) is 0 Å². The molecular weight excluding hydrogens is 593 g/mol. The Morgan fingerprint density at radius 3 is 1.86 bits per heavy atom. The molecule has 1 heterocycles. The molecule has 1 aromatic heterocycles. The van der Waals surface area contributed by atoms with E-state index >= 15 is 0 Å². The van der Waals surface area contributed by atoms with E-state index in [-0.39, 0.29) is 28.8 Å². The second-order valence-electron chi connectivity index (χ2n) is 12.1. The fourth-order valence-electron chi connectivity index (χ4n) is 7.25. The Kier molecular flexibility index (Phi) is 4.53. The first kappa shape index (κ1) is 20.0. The van der Waals surface area contributed by atoms with Crippen LogP contribution in [-0.2, 0) is 0 Å². The Morgan fingerprint density at radius 2 is 1.04 bits per heavy atom. The van der Waals surface area contributed by atoms with Crippen molar-refractivity contribution >= 4 is 54.3 Å². The highest BCUT2D eigenvalue weighted by Gasteiger charge is 2.21. The van der Waals surface area contributed by atoms with Gasteiger partial charge in [-0.25, -0.2) is 0 Å². The van der Waals surface area contributed by atoms with Crippen LogP contribution in [0.4, 0.5) is 0 Å². The van der Waals surface area contributed by atoms with Crippen molar-refractivity contribution < 1.29 is 16.8 Å². The summed E-state index contributed by atoms with van der Waals surface area (Å²) in [5.74, 6) is 0. The van der Waals surface area contributed by atoms with Crippen molar-refractivity contribution in [3.05, 3.63) is 182 Å². The molecule has 0 aliphatic heterocycles. The first-order valence-corrected chi connectivity index (χ1v) is 16.1. The van der Waals surface area contributed by atoms with Crippen LogP contribution in [0.2, 0.25) is 0 Å². The molecule has 0 saturated carbocycles. The van der Waals surface area contributed by atoms with E-state index in [1.165, 1.54) is 0 Å². The summed E-state index contributed by atoms with van der Waals surface area (Å²) in [6.45, 7) is 0. The maximum atomic E-state index is 9.52. The largest absolute Gasteiger partial charge is 0.455 e. The van der Waals surface area contributed by atoms with Crippen LogP contribution in [0, 0.1) is 0 Å². The highest BCUT2D eigenvalue weighted by Crippen LogP contribution is 2.48. The van der Waals surface area contributed by atoms with E-state index in [0.29, 0.717) is 16.3 Å². The van der Waals surface area contributed by atoms with Crippen molar-refractivity contribution in [1.82, 2.24) is 0 Å². The zero-order valence-corrected chi connectivity index (χ0v) is 26.0. The van der Waals surface area contributed by atoms with E-state index in [1.807, 2.05) is 84.9 Å². The number of furan rings is 1. The Morgan fingerprint density at radius 1 is 0.388 bits per heavy atom. The molecule has 9 aromatic carbocycles. The number of rotatable bonds is 4. The molecule has 1 nitrogen and oxygen atoms in total. The third-order valence-corrected chi connectivity index (χ3v) is 9.41. The minimum Gasteiger partial charge on any atom is -0.455 e. The second kappa shape index (κ2) is 11.1. The lowest BCUT2D eigenvalue weighted by Gasteiger charge is -2.19. The summed E-state index contributed by atoms with van der Waals surface area (Å²) in [6, 6.07) is 37.4. The van der Waals surface area contributed by atoms with Gasteiger partial charge in [-0.05, 0) is 89.6 Å². The monoisotopic (exact) mass is 631 g/mol. The first-order chi connectivity index (χ1) is 28.1. The third-order valence-electron chi connectivity index (χ3n) is 9.41. The summed E-state index contributed by atoms with van der Waals surface area (Å²) in [4.78, 5) is 0. The lowest BCUT2D eigenvalue weighted by Crippen LogP contribution is -1.92. The molecule has 228 valence electrons. The van der Waals surface area contributed by atoms with Crippen LogP contribution in [-0.4, -0.2) is 0 Å². The fraction of sp³-hybridized carbons (Fsp3) is 0. The minimum atomic E-state index is -0.619. The number of benzene rings is 9. The van der Waals surface area contributed by atoms with Gasteiger partial charge in [0.15, 0.2) is 0 Å². The molecule has 1 heteroatoms. The standard InChI is InChI=1S/C48H30O/c1-3-12-31(13-4-1)33-22-24-35(25-23-33)45-38-18-9-10-19-39(38)46(40-28-27-36(30-43(40)45)32-14-5-2-6-15-32)41-20-11-21-44-47(41)42-29-26-34-16-7-8-17-37(34)48(42)49-44/h1-30H/i1D,3D,4D,12D,13D,22D,23D,24D,25D. The molecule has 49 heavy (non-hydrogen) atoms. The zero-order valence-electron chi connectivity index (χ0n) is 35.0. The molecule has 0 unspecified atom stereocenters. The molecule has 0 N–H and O–H groups in total. The van der Waals surface area contributed by atoms with Gasteiger partial charge in [-0.1, -0.05) is 164 Å². The lowest BCUT2D eigenvalue weighted by molar-refractivity contribution is 0.673. The maximum Gasteiger partial charge on any atom is 0.143 e. The lowest BCUT2D eigenvalue weighted by atomic mass is 9.83. The Bertz CT molecular complexity index is 3330. The van der Waals surface area contributed by atoms with Crippen LogP contribution in [0.25, 0.3) is 98.8 Å². The maximum absolute atomic E-state index is 9.52. The highest BCUT2D eigenvalue weighted by molar-refractivity contribution is 6.27. The van der Waals surface area contributed by atoms with Crippen molar-refractivity contribution in [2.24, 2.45) is 0 Å². The van der Waals surface area contributed by atoms with Crippen LogP contribution in [0.15, 0.2) is 186 Å². The molecule has 0 spiro atoms. The molecule has 0 fully saturated rings. The summed E-state index contributed by atoms with van der Waals surface area (Å²) in [6.07, 6.45) is 0. The van der Waals surface area contributed by atoms with Crippen LogP contribution >= 0.6 is 0 Å². The van der Waals surface area contributed by atoms with E-state index in [0.717, 1.165) is 65.7 Å². The summed E-state index contributed by atoms with van der Waals surface area (Å²) >= 11 is 0. The van der Waals surface area contributed by atoms with Crippen molar-refractivity contribution in [1.29, 1.82) is 0 Å². The molecule has 0 aliphatic carbocycles. The molecule has 0 radical (unpaired) electrons. The Balaban J connectivity index is 1.35. The van der Waals surface area contributed by atoms with Crippen LogP contribution in [0.5, 0.6) is 0 Å². The van der Waals surface area contributed by atoms with Gasteiger partial charge in [0.25, 0.3) is 0 Å². The summed E-state index contributed by atoms with van der Waals surface area (Å²) in [5.41, 5.74) is 5.03. The smallest absolute Gasteiger partial charge is 0.143 e. The minimum absolute atomic E-state index is 0.0440. The number of hydrogen-bond donors (Lipinski definition) is 0. The van der Waals surface area contributed by atoms with Gasteiger partial charge in [-0.15, -0.1) is 0 Å². The summed E-state index contributed by atoms with van der Waals surface area (Å²) in [5, 5.41) is 7.03. The van der Waals surface area contributed by atoms with Crippen LogP contribution < -0.4 is 0 Å². The summed E-state index contributed by atoms with van der Waals surface area (Å²) in [7, 11) is 0. The average Bonchev–Trinajstić information content (AvgIpc) is 3.65. The molecule has 0 amide bonds. The normalized spacial score (nSPS) is 14.2. The van der Waals surface area contributed by atoms with Crippen molar-refractivity contribution in [2.45, 2.75) is 0 Å². The van der Waals surface area contributed by atoms with E-state index in [2.05, 4.69) is 42.5 Å². The van der Waals surface area contributed by atoms with Crippen molar-refractivity contribution in [2.75, 3.05) is 0 Å². The van der Waals surface area contributed by atoms with Gasteiger partial charge in [0.1, 0.15) is 11.2 Å². The molecule has 0 atom stereocenters. The van der Waals surface area contributed by atoms with Gasteiger partial charge in [-0.3, -0.25) is 0 Å². The van der Waals surface area contributed by atoms with Crippen molar-refractivity contribution in [3.63, 3.8) is 0 Å². The van der Waals surface area contributed by atoms with Crippen LogP contribution in [0.3, 0.4) is 0 Å². The fourth-order valence-corrected chi connectivity index (χ4v) is 7.25. The first-order valence-electron chi connectivity index (χ1n) is 20.6. The van der Waals surface area contributed by atoms with Gasteiger partial charge in [0.05, 0.1) is 12.3 Å². The van der Waals surface area contributed by atoms with Crippen molar-refractivity contribution in [3.8, 4) is 44.5 Å². The predicted molar refractivity (Wildman–Crippen MR) is 208 cm³/mol. The van der Waals surface area contributed by atoms with E-state index in [4.69, 9.17) is 11.3 Å². The van der Waals surface area contributed by atoms with Gasteiger partial charge in [0, 0.05) is 16.2 Å². The zero-order chi connectivity index (χ0) is 40.1. The topological polar surface area (TPSA) is 13.1 Å². The molecule has 0 saturated heterocycles. The third kappa shape index (κ3) is 4.40.